The fourth-order valence-corrected chi connectivity index (χ4v) is 2.01. The van der Waals surface area contributed by atoms with E-state index in [-0.39, 0.29) is 24.3 Å². The first-order valence-corrected chi connectivity index (χ1v) is 7.45. The highest BCUT2D eigenvalue weighted by molar-refractivity contribution is 5.50. The molecule has 0 spiro atoms. The first kappa shape index (κ1) is 17.5. The average Bonchev–Trinajstić information content (AvgIpc) is 2.57. The summed E-state index contributed by atoms with van der Waals surface area (Å²) in [5, 5.41) is 8.43. The molecule has 0 saturated carbocycles. The minimum absolute atomic E-state index is 0.0857. The van der Waals surface area contributed by atoms with Crippen molar-refractivity contribution in [1.82, 2.24) is 0 Å². The van der Waals surface area contributed by atoms with Crippen molar-refractivity contribution >= 4 is 6.08 Å². The van der Waals surface area contributed by atoms with Crippen molar-refractivity contribution in [1.29, 1.82) is 5.26 Å². The van der Waals surface area contributed by atoms with Crippen molar-refractivity contribution in [3.63, 3.8) is 0 Å². The SMILES string of the molecule is C/C=C/c1ccc(OC(F)(F)c2ccc(OCCC#N)cc2)cc1. The Morgan fingerprint density at radius 2 is 1.67 bits per heavy atom. The molecule has 0 aliphatic carbocycles. The molecule has 24 heavy (non-hydrogen) atoms. The van der Waals surface area contributed by atoms with Crippen LogP contribution in [0.3, 0.4) is 0 Å². The van der Waals surface area contributed by atoms with E-state index in [2.05, 4.69) is 0 Å². The highest BCUT2D eigenvalue weighted by atomic mass is 19.3. The summed E-state index contributed by atoms with van der Waals surface area (Å²) in [7, 11) is 0. The largest absolute Gasteiger partial charge is 0.493 e. The molecule has 3 nitrogen and oxygen atoms in total. The summed E-state index contributed by atoms with van der Waals surface area (Å²) in [4.78, 5) is 0. The van der Waals surface area contributed by atoms with Crippen molar-refractivity contribution in [2.45, 2.75) is 19.5 Å². The number of hydrogen-bond acceptors (Lipinski definition) is 3. The molecule has 0 aliphatic rings. The Hall–Kier alpha value is -2.87. The van der Waals surface area contributed by atoms with E-state index in [4.69, 9.17) is 14.7 Å². The van der Waals surface area contributed by atoms with Gasteiger partial charge in [0, 0.05) is 0 Å². The number of nitriles is 1. The van der Waals surface area contributed by atoms with Crippen molar-refractivity contribution in [2.75, 3.05) is 6.61 Å². The molecule has 124 valence electrons. The summed E-state index contributed by atoms with van der Waals surface area (Å²) in [6, 6.07) is 13.7. The molecule has 2 rings (SSSR count). The molecule has 0 heterocycles. The summed E-state index contributed by atoms with van der Waals surface area (Å²) in [5.74, 6) is 0.517. The van der Waals surface area contributed by atoms with Gasteiger partial charge < -0.3 is 9.47 Å². The quantitative estimate of drug-likeness (QED) is 0.660. The maximum atomic E-state index is 14.2. The van der Waals surface area contributed by atoms with Crippen molar-refractivity contribution in [2.24, 2.45) is 0 Å². The zero-order valence-electron chi connectivity index (χ0n) is 13.2. The molecule has 0 fully saturated rings. The van der Waals surface area contributed by atoms with E-state index in [1.807, 2.05) is 25.1 Å². The van der Waals surface area contributed by atoms with Crippen LogP contribution < -0.4 is 9.47 Å². The fourth-order valence-electron chi connectivity index (χ4n) is 2.01. The number of halogens is 2. The zero-order chi connectivity index (χ0) is 17.4. The molecule has 0 radical (unpaired) electrons. The van der Waals surface area contributed by atoms with Gasteiger partial charge in [-0.25, -0.2) is 0 Å². The third kappa shape index (κ3) is 4.82. The van der Waals surface area contributed by atoms with Gasteiger partial charge in [0.2, 0.25) is 0 Å². The lowest BCUT2D eigenvalue weighted by Gasteiger charge is -2.18. The van der Waals surface area contributed by atoms with Crippen LogP contribution in [0.1, 0.15) is 24.5 Å². The van der Waals surface area contributed by atoms with Crippen LogP contribution in [-0.4, -0.2) is 6.61 Å². The van der Waals surface area contributed by atoms with Crippen LogP contribution in [0.4, 0.5) is 8.78 Å². The summed E-state index contributed by atoms with van der Waals surface area (Å²) in [5.41, 5.74) is 0.639. The maximum absolute atomic E-state index is 14.2. The maximum Gasteiger partial charge on any atom is 0.426 e. The van der Waals surface area contributed by atoms with Gasteiger partial charge in [0.1, 0.15) is 18.1 Å². The Morgan fingerprint density at radius 3 is 2.25 bits per heavy atom. The number of allylic oxidation sites excluding steroid dienone is 1. The Kier molecular flexibility index (Phi) is 5.91. The third-order valence-corrected chi connectivity index (χ3v) is 3.16. The molecule has 0 aliphatic heterocycles. The first-order chi connectivity index (χ1) is 11.5. The van der Waals surface area contributed by atoms with Crippen molar-refractivity contribution in [3.05, 3.63) is 65.7 Å². The Bertz CT molecular complexity index is 717. The van der Waals surface area contributed by atoms with E-state index in [0.717, 1.165) is 5.56 Å². The molecule has 2 aromatic rings. The fraction of sp³-hybridized carbons (Fsp3) is 0.211. The Balaban J connectivity index is 2.04. The van der Waals surface area contributed by atoms with Gasteiger partial charge in [-0.2, -0.15) is 14.0 Å². The summed E-state index contributed by atoms with van der Waals surface area (Å²) < 4.78 is 38.5. The van der Waals surface area contributed by atoms with E-state index < -0.39 is 6.11 Å². The van der Waals surface area contributed by atoms with Gasteiger partial charge in [0.05, 0.1) is 18.1 Å². The molecule has 0 bridgehead atoms. The normalized spacial score (nSPS) is 11.2. The van der Waals surface area contributed by atoms with E-state index in [9.17, 15) is 8.78 Å². The van der Waals surface area contributed by atoms with Crippen LogP contribution in [0.5, 0.6) is 11.5 Å². The Morgan fingerprint density at radius 1 is 1.04 bits per heavy atom. The van der Waals surface area contributed by atoms with Crippen molar-refractivity contribution < 1.29 is 18.3 Å². The molecule has 0 aromatic heterocycles. The topological polar surface area (TPSA) is 42.2 Å². The predicted molar refractivity (Wildman–Crippen MR) is 87.8 cm³/mol. The Labute approximate surface area is 139 Å². The molecule has 5 heteroatoms. The van der Waals surface area contributed by atoms with Gasteiger partial charge in [0.25, 0.3) is 0 Å². The average molecular weight is 329 g/mol. The highest BCUT2D eigenvalue weighted by Crippen LogP contribution is 2.32. The lowest BCUT2D eigenvalue weighted by molar-refractivity contribution is -0.185. The van der Waals surface area contributed by atoms with Crippen LogP contribution in [0.25, 0.3) is 6.08 Å². The second-order valence-corrected chi connectivity index (χ2v) is 4.97. The summed E-state index contributed by atoms with van der Waals surface area (Å²) >= 11 is 0. The lowest BCUT2D eigenvalue weighted by Crippen LogP contribution is -2.21. The van der Waals surface area contributed by atoms with Gasteiger partial charge in [-0.05, 0) is 48.9 Å². The molecule has 0 amide bonds. The standard InChI is InChI=1S/C19H17F2NO2/c1-2-4-15-5-9-18(10-6-15)24-19(20,21)16-7-11-17(12-8-16)23-14-3-13-22/h2,4-12H,3,14H2,1H3/b4-2+. The molecular formula is C19H17F2NO2. The smallest absolute Gasteiger partial charge is 0.426 e. The van der Waals surface area contributed by atoms with E-state index in [0.29, 0.717) is 5.75 Å². The lowest BCUT2D eigenvalue weighted by atomic mass is 10.2. The predicted octanol–water partition coefficient (Wildman–Crippen LogP) is 5.14. The second kappa shape index (κ2) is 8.11. The zero-order valence-corrected chi connectivity index (χ0v) is 13.2. The number of ether oxygens (including phenoxy) is 2. The molecule has 2 aromatic carbocycles. The monoisotopic (exact) mass is 329 g/mol. The molecule has 0 N–H and O–H groups in total. The van der Waals surface area contributed by atoms with Crippen LogP contribution in [0, 0.1) is 11.3 Å². The van der Waals surface area contributed by atoms with E-state index in [1.165, 1.54) is 36.4 Å². The van der Waals surface area contributed by atoms with Gasteiger partial charge in [-0.15, -0.1) is 0 Å². The number of hydrogen-bond donors (Lipinski definition) is 0. The van der Waals surface area contributed by atoms with Gasteiger partial charge in [-0.1, -0.05) is 24.3 Å². The van der Waals surface area contributed by atoms with Gasteiger partial charge in [0.15, 0.2) is 0 Å². The first-order valence-electron chi connectivity index (χ1n) is 7.45. The van der Waals surface area contributed by atoms with Crippen molar-refractivity contribution in [3.8, 4) is 17.6 Å². The third-order valence-electron chi connectivity index (χ3n) is 3.16. The summed E-state index contributed by atoms with van der Waals surface area (Å²) in [6.45, 7) is 2.10. The molecule has 0 atom stereocenters. The van der Waals surface area contributed by atoms with Gasteiger partial charge in [-0.3, -0.25) is 0 Å². The van der Waals surface area contributed by atoms with Crippen LogP contribution in [-0.2, 0) is 6.11 Å². The molecule has 0 saturated heterocycles. The molecule has 0 unspecified atom stereocenters. The minimum atomic E-state index is -3.45. The van der Waals surface area contributed by atoms with Crippen LogP contribution in [0.15, 0.2) is 54.6 Å². The van der Waals surface area contributed by atoms with Crippen LogP contribution >= 0.6 is 0 Å². The number of benzene rings is 2. The number of alkyl halides is 2. The van der Waals surface area contributed by atoms with E-state index in [1.54, 1.807) is 12.1 Å². The number of nitrogens with zero attached hydrogens (tertiary/aromatic N) is 1. The number of rotatable bonds is 7. The molecular weight excluding hydrogens is 312 g/mol. The second-order valence-electron chi connectivity index (χ2n) is 4.97. The summed E-state index contributed by atoms with van der Waals surface area (Å²) in [6.07, 6.45) is 0.523. The van der Waals surface area contributed by atoms with Crippen LogP contribution in [0.2, 0.25) is 0 Å². The van der Waals surface area contributed by atoms with E-state index >= 15 is 0 Å². The highest BCUT2D eigenvalue weighted by Gasteiger charge is 2.34. The van der Waals surface area contributed by atoms with Gasteiger partial charge >= 0.3 is 6.11 Å². The minimum Gasteiger partial charge on any atom is -0.493 e.